The molecule has 4 unspecified atom stereocenters. The average molecular weight is 293 g/mol. The summed E-state index contributed by atoms with van der Waals surface area (Å²) < 4.78 is 0. The van der Waals surface area contributed by atoms with Crippen LogP contribution in [0.3, 0.4) is 0 Å². The molecule has 21 heavy (non-hydrogen) atoms. The second-order valence-corrected chi connectivity index (χ2v) is 7.75. The minimum atomic E-state index is 0.108. The molecule has 1 heterocycles. The second-order valence-electron chi connectivity index (χ2n) is 7.75. The van der Waals surface area contributed by atoms with Gasteiger partial charge in [-0.2, -0.15) is 0 Å². The van der Waals surface area contributed by atoms with Crippen molar-refractivity contribution >= 4 is 5.91 Å². The monoisotopic (exact) mass is 293 g/mol. The van der Waals surface area contributed by atoms with Crippen molar-refractivity contribution in [2.24, 2.45) is 23.5 Å². The lowest BCUT2D eigenvalue weighted by molar-refractivity contribution is -0.139. The van der Waals surface area contributed by atoms with Crippen molar-refractivity contribution < 1.29 is 4.79 Å². The summed E-state index contributed by atoms with van der Waals surface area (Å²) in [6.45, 7) is 6.73. The molecule has 3 fully saturated rings. The van der Waals surface area contributed by atoms with E-state index in [1.807, 2.05) is 11.9 Å². The summed E-state index contributed by atoms with van der Waals surface area (Å²) in [5, 5.41) is 0. The van der Waals surface area contributed by atoms with E-state index in [-0.39, 0.29) is 12.0 Å². The molecule has 1 amide bonds. The molecule has 1 aliphatic heterocycles. The molecular weight excluding hydrogens is 262 g/mol. The van der Waals surface area contributed by atoms with Gasteiger partial charge in [0.2, 0.25) is 5.91 Å². The van der Waals surface area contributed by atoms with E-state index >= 15 is 0 Å². The van der Waals surface area contributed by atoms with Gasteiger partial charge in [-0.25, -0.2) is 0 Å². The number of piperidine rings is 1. The maximum Gasteiger partial charge on any atom is 0.227 e. The van der Waals surface area contributed by atoms with Crippen LogP contribution in [0, 0.1) is 17.8 Å². The minimum absolute atomic E-state index is 0.108. The molecule has 4 atom stereocenters. The quantitative estimate of drug-likeness (QED) is 0.861. The molecule has 3 aliphatic rings. The summed E-state index contributed by atoms with van der Waals surface area (Å²) in [4.78, 5) is 17.4. The maximum atomic E-state index is 12.9. The van der Waals surface area contributed by atoms with E-state index in [1.165, 1.54) is 19.3 Å². The lowest BCUT2D eigenvalue weighted by Gasteiger charge is -2.40. The van der Waals surface area contributed by atoms with Gasteiger partial charge in [0.15, 0.2) is 0 Å². The van der Waals surface area contributed by atoms with Gasteiger partial charge in [0.05, 0.1) is 5.92 Å². The van der Waals surface area contributed by atoms with Gasteiger partial charge in [0.1, 0.15) is 0 Å². The van der Waals surface area contributed by atoms with Crippen molar-refractivity contribution in [3.63, 3.8) is 0 Å². The first-order valence-electron chi connectivity index (χ1n) is 8.75. The van der Waals surface area contributed by atoms with Gasteiger partial charge >= 0.3 is 0 Å². The third kappa shape index (κ3) is 2.72. The normalized spacial score (nSPS) is 37.4. The van der Waals surface area contributed by atoms with Gasteiger partial charge in [-0.05, 0) is 57.8 Å². The van der Waals surface area contributed by atoms with Crippen LogP contribution in [-0.2, 0) is 4.79 Å². The molecule has 0 aromatic rings. The summed E-state index contributed by atoms with van der Waals surface area (Å²) in [7, 11) is 2.01. The van der Waals surface area contributed by atoms with Crippen LogP contribution in [0.15, 0.2) is 0 Å². The zero-order valence-electron chi connectivity index (χ0n) is 13.8. The highest BCUT2D eigenvalue weighted by molar-refractivity contribution is 5.80. The highest BCUT2D eigenvalue weighted by atomic mass is 16.2. The minimum Gasteiger partial charge on any atom is -0.342 e. The zero-order chi connectivity index (χ0) is 15.1. The standard InChI is InChI=1S/C17H31N3O/c1-11(2)20-8-6-14(7-9-20)19(3)17(21)15-12-4-5-13(10-12)16(15)18/h11-16H,4-10,18H2,1-3H3. The van der Waals surface area contributed by atoms with Crippen molar-refractivity contribution in [3.8, 4) is 0 Å². The van der Waals surface area contributed by atoms with Gasteiger partial charge in [0.25, 0.3) is 0 Å². The van der Waals surface area contributed by atoms with Crippen LogP contribution in [0.1, 0.15) is 46.0 Å². The molecule has 4 nitrogen and oxygen atoms in total. The number of carbonyl (C=O) groups excluding carboxylic acids is 1. The lowest BCUT2D eigenvalue weighted by Crippen LogP contribution is -2.52. The smallest absolute Gasteiger partial charge is 0.227 e. The largest absolute Gasteiger partial charge is 0.342 e. The molecule has 2 N–H and O–H groups in total. The van der Waals surface area contributed by atoms with Crippen LogP contribution < -0.4 is 5.73 Å². The summed E-state index contributed by atoms with van der Waals surface area (Å²) in [5.74, 6) is 1.62. The SMILES string of the molecule is CC(C)N1CCC(N(C)C(=O)C2C3CCC(C3)C2N)CC1. The van der Waals surface area contributed by atoms with Crippen LogP contribution in [-0.4, -0.2) is 54.0 Å². The van der Waals surface area contributed by atoms with Crippen LogP contribution >= 0.6 is 0 Å². The highest BCUT2D eigenvalue weighted by Crippen LogP contribution is 2.48. The van der Waals surface area contributed by atoms with E-state index in [0.29, 0.717) is 29.8 Å². The van der Waals surface area contributed by atoms with Crippen molar-refractivity contribution in [2.45, 2.75) is 64.1 Å². The number of likely N-dealkylation sites (tertiary alicyclic amines) is 1. The summed E-state index contributed by atoms with van der Waals surface area (Å²) in [6.07, 6.45) is 5.87. The second kappa shape index (κ2) is 5.88. The van der Waals surface area contributed by atoms with Crippen molar-refractivity contribution in [3.05, 3.63) is 0 Å². The summed E-state index contributed by atoms with van der Waals surface area (Å²) in [6, 6.07) is 1.15. The summed E-state index contributed by atoms with van der Waals surface area (Å²) >= 11 is 0. The molecule has 1 saturated heterocycles. The Hall–Kier alpha value is -0.610. The molecule has 0 aromatic carbocycles. The molecule has 0 spiro atoms. The predicted octanol–water partition coefficient (Wildman–Crippen LogP) is 1.69. The third-order valence-electron chi connectivity index (χ3n) is 6.39. The number of carbonyl (C=O) groups is 1. The van der Waals surface area contributed by atoms with Gasteiger partial charge in [0, 0.05) is 38.3 Å². The molecule has 2 bridgehead atoms. The van der Waals surface area contributed by atoms with Crippen LogP contribution in [0.5, 0.6) is 0 Å². The van der Waals surface area contributed by atoms with Gasteiger partial charge in [-0.1, -0.05) is 0 Å². The number of hydrogen-bond donors (Lipinski definition) is 1. The fourth-order valence-corrected chi connectivity index (χ4v) is 4.91. The van der Waals surface area contributed by atoms with Gasteiger partial charge in [-0.15, -0.1) is 0 Å². The Bertz CT molecular complexity index is 387. The van der Waals surface area contributed by atoms with Crippen LogP contribution in [0.25, 0.3) is 0 Å². The van der Waals surface area contributed by atoms with E-state index in [0.717, 1.165) is 25.9 Å². The fraction of sp³-hybridized carbons (Fsp3) is 0.941. The van der Waals surface area contributed by atoms with Crippen LogP contribution in [0.2, 0.25) is 0 Å². The Morgan fingerprint density at radius 2 is 1.76 bits per heavy atom. The number of nitrogens with two attached hydrogens (primary N) is 1. The zero-order valence-corrected chi connectivity index (χ0v) is 13.8. The van der Waals surface area contributed by atoms with E-state index in [4.69, 9.17) is 5.73 Å². The Morgan fingerprint density at radius 1 is 1.14 bits per heavy atom. The number of nitrogens with zero attached hydrogens (tertiary/aromatic N) is 2. The molecule has 3 rings (SSSR count). The number of hydrogen-bond acceptors (Lipinski definition) is 3. The van der Waals surface area contributed by atoms with E-state index in [1.54, 1.807) is 0 Å². The number of amides is 1. The molecule has 4 heteroatoms. The lowest BCUT2D eigenvalue weighted by atomic mass is 9.83. The van der Waals surface area contributed by atoms with E-state index in [2.05, 4.69) is 18.7 Å². The van der Waals surface area contributed by atoms with E-state index in [9.17, 15) is 4.79 Å². The topological polar surface area (TPSA) is 49.6 Å². The predicted molar refractivity (Wildman–Crippen MR) is 84.8 cm³/mol. The molecule has 0 radical (unpaired) electrons. The van der Waals surface area contributed by atoms with E-state index < -0.39 is 0 Å². The third-order valence-corrected chi connectivity index (χ3v) is 6.39. The molecular formula is C17H31N3O. The first kappa shape index (κ1) is 15.3. The van der Waals surface area contributed by atoms with Gasteiger partial charge in [-0.3, -0.25) is 4.79 Å². The fourth-order valence-electron chi connectivity index (χ4n) is 4.91. The Balaban J connectivity index is 1.58. The highest BCUT2D eigenvalue weighted by Gasteiger charge is 2.50. The molecule has 2 aliphatic carbocycles. The Labute approximate surface area is 129 Å². The molecule has 120 valence electrons. The van der Waals surface area contributed by atoms with Crippen molar-refractivity contribution in [2.75, 3.05) is 20.1 Å². The first-order chi connectivity index (χ1) is 9.99. The maximum absolute atomic E-state index is 12.9. The first-order valence-corrected chi connectivity index (χ1v) is 8.75. The Morgan fingerprint density at radius 3 is 2.29 bits per heavy atom. The average Bonchev–Trinajstić information content (AvgIpc) is 3.07. The number of fused-ring (bicyclic) bond motifs is 2. The number of rotatable bonds is 3. The molecule has 2 saturated carbocycles. The molecule has 0 aromatic heterocycles. The van der Waals surface area contributed by atoms with Gasteiger partial charge < -0.3 is 15.5 Å². The van der Waals surface area contributed by atoms with Crippen molar-refractivity contribution in [1.82, 2.24) is 9.80 Å². The summed E-state index contributed by atoms with van der Waals surface area (Å²) in [5.41, 5.74) is 6.34. The Kier molecular flexibility index (Phi) is 4.28. The van der Waals surface area contributed by atoms with Crippen molar-refractivity contribution in [1.29, 1.82) is 0 Å². The van der Waals surface area contributed by atoms with Crippen LogP contribution in [0.4, 0.5) is 0 Å².